The lowest BCUT2D eigenvalue weighted by Gasteiger charge is -2.01. The number of carbonyl (C=O) groups is 1. The maximum atomic E-state index is 10.6. The van der Waals surface area contributed by atoms with E-state index in [0.717, 1.165) is 11.0 Å². The van der Waals surface area contributed by atoms with Gasteiger partial charge in [-0.05, 0) is 12.1 Å². The number of hydrogen-bond donors (Lipinski definition) is 2. The van der Waals surface area contributed by atoms with Gasteiger partial charge in [0.25, 0.3) is 0 Å². The molecule has 3 N–H and O–H groups in total. The van der Waals surface area contributed by atoms with Gasteiger partial charge in [-0.15, -0.1) is 12.4 Å². The molecule has 1 heterocycles. The lowest BCUT2D eigenvalue weighted by Crippen LogP contribution is -2.32. The van der Waals surface area contributed by atoms with Gasteiger partial charge >= 0.3 is 5.97 Å². The molecule has 0 spiro atoms. The largest absolute Gasteiger partial charge is 0.480 e. The lowest BCUT2D eigenvalue weighted by molar-refractivity contribution is -0.138. The van der Waals surface area contributed by atoms with E-state index < -0.39 is 12.0 Å². The first-order chi connectivity index (χ1) is 7.16. The van der Waals surface area contributed by atoms with Gasteiger partial charge in [0.1, 0.15) is 17.4 Å². The van der Waals surface area contributed by atoms with Gasteiger partial charge in [0.15, 0.2) is 0 Å². The van der Waals surface area contributed by atoms with Crippen LogP contribution in [0.3, 0.4) is 0 Å². The molecule has 1 unspecified atom stereocenters. The van der Waals surface area contributed by atoms with Crippen molar-refractivity contribution >= 4 is 29.3 Å². The van der Waals surface area contributed by atoms with E-state index in [2.05, 4.69) is 0 Å². The summed E-state index contributed by atoms with van der Waals surface area (Å²) in [7, 11) is 0. The van der Waals surface area contributed by atoms with E-state index in [4.69, 9.17) is 15.3 Å². The Morgan fingerprint density at radius 3 is 2.75 bits per heavy atom. The number of halogens is 1. The Morgan fingerprint density at radius 1 is 1.44 bits per heavy atom. The van der Waals surface area contributed by atoms with E-state index in [0.29, 0.717) is 5.76 Å². The highest BCUT2D eigenvalue weighted by atomic mass is 35.5. The molecule has 86 valence electrons. The molecule has 0 saturated carbocycles. The average Bonchev–Trinajstić information content (AvgIpc) is 2.59. The molecule has 2 rings (SSSR count). The Balaban J connectivity index is 0.00000128. The molecule has 0 bridgehead atoms. The van der Waals surface area contributed by atoms with Crippen molar-refractivity contribution in [1.29, 1.82) is 0 Å². The van der Waals surface area contributed by atoms with Crippen molar-refractivity contribution in [3.05, 3.63) is 36.1 Å². The molecule has 0 radical (unpaired) electrons. The van der Waals surface area contributed by atoms with Gasteiger partial charge in [0, 0.05) is 11.8 Å². The maximum Gasteiger partial charge on any atom is 0.320 e. The molecule has 0 saturated heterocycles. The number of furan rings is 1. The predicted octanol–water partition coefficient (Wildman–Crippen LogP) is 1.81. The van der Waals surface area contributed by atoms with Crippen molar-refractivity contribution < 1.29 is 14.3 Å². The normalized spacial score (nSPS) is 12.1. The van der Waals surface area contributed by atoms with Crippen molar-refractivity contribution in [2.24, 2.45) is 5.73 Å². The second-order valence-electron chi connectivity index (χ2n) is 3.40. The van der Waals surface area contributed by atoms with Crippen molar-refractivity contribution in [1.82, 2.24) is 0 Å². The van der Waals surface area contributed by atoms with Crippen LogP contribution < -0.4 is 5.73 Å². The zero-order chi connectivity index (χ0) is 10.8. The zero-order valence-electron chi connectivity index (χ0n) is 8.42. The van der Waals surface area contributed by atoms with Crippen LogP contribution in [0.4, 0.5) is 0 Å². The van der Waals surface area contributed by atoms with Gasteiger partial charge in [-0.2, -0.15) is 0 Å². The second-order valence-corrected chi connectivity index (χ2v) is 3.40. The molecular formula is C11H12ClNO3. The Bertz CT molecular complexity index is 462. The third-order valence-electron chi connectivity index (χ3n) is 2.21. The number of rotatable bonds is 3. The molecular weight excluding hydrogens is 230 g/mol. The van der Waals surface area contributed by atoms with Crippen LogP contribution in [0.2, 0.25) is 0 Å². The molecule has 1 aromatic carbocycles. The van der Waals surface area contributed by atoms with Crippen LogP contribution >= 0.6 is 12.4 Å². The van der Waals surface area contributed by atoms with Gasteiger partial charge in [-0.3, -0.25) is 4.79 Å². The smallest absolute Gasteiger partial charge is 0.320 e. The quantitative estimate of drug-likeness (QED) is 0.859. The minimum absolute atomic E-state index is 0. The molecule has 1 atom stereocenters. The third-order valence-corrected chi connectivity index (χ3v) is 2.21. The Labute approximate surface area is 98.5 Å². The van der Waals surface area contributed by atoms with Crippen LogP contribution in [0, 0.1) is 0 Å². The fourth-order valence-corrected chi connectivity index (χ4v) is 1.44. The third kappa shape index (κ3) is 2.53. The summed E-state index contributed by atoms with van der Waals surface area (Å²) < 4.78 is 5.45. The fourth-order valence-electron chi connectivity index (χ4n) is 1.44. The van der Waals surface area contributed by atoms with E-state index in [1.54, 1.807) is 0 Å². The highest BCUT2D eigenvalue weighted by molar-refractivity contribution is 5.85. The highest BCUT2D eigenvalue weighted by Crippen LogP contribution is 2.19. The molecule has 5 heteroatoms. The number of carboxylic acid groups (broad SMARTS) is 1. The predicted molar refractivity (Wildman–Crippen MR) is 62.8 cm³/mol. The molecule has 0 aliphatic heterocycles. The van der Waals surface area contributed by atoms with Gasteiger partial charge in [0.05, 0.1) is 0 Å². The van der Waals surface area contributed by atoms with Crippen LogP contribution in [-0.2, 0) is 11.2 Å². The maximum absolute atomic E-state index is 10.6. The van der Waals surface area contributed by atoms with Crippen LogP contribution in [0.25, 0.3) is 11.0 Å². The number of fused-ring (bicyclic) bond motifs is 1. The SMILES string of the molecule is Cl.NC(Cc1cc2ccccc2o1)C(=O)O. The van der Waals surface area contributed by atoms with Crippen molar-refractivity contribution in [2.45, 2.75) is 12.5 Å². The number of benzene rings is 1. The summed E-state index contributed by atoms with van der Waals surface area (Å²) >= 11 is 0. The van der Waals surface area contributed by atoms with Gasteiger partial charge < -0.3 is 15.3 Å². The minimum Gasteiger partial charge on any atom is -0.480 e. The van der Waals surface area contributed by atoms with Gasteiger partial charge in [0.2, 0.25) is 0 Å². The monoisotopic (exact) mass is 241 g/mol. The number of nitrogens with two attached hydrogens (primary N) is 1. The first-order valence-corrected chi connectivity index (χ1v) is 4.62. The Kier molecular flexibility index (Phi) is 3.93. The number of hydrogen-bond acceptors (Lipinski definition) is 3. The van der Waals surface area contributed by atoms with Crippen LogP contribution in [0.5, 0.6) is 0 Å². The molecule has 0 amide bonds. The molecule has 4 nitrogen and oxygen atoms in total. The number of para-hydroxylation sites is 1. The lowest BCUT2D eigenvalue weighted by atomic mass is 10.2. The van der Waals surface area contributed by atoms with E-state index in [1.165, 1.54) is 0 Å². The van der Waals surface area contributed by atoms with E-state index >= 15 is 0 Å². The molecule has 0 aliphatic carbocycles. The summed E-state index contributed by atoms with van der Waals surface area (Å²) in [4.78, 5) is 10.6. The topological polar surface area (TPSA) is 76.5 Å². The van der Waals surface area contributed by atoms with Crippen LogP contribution in [0.1, 0.15) is 5.76 Å². The van der Waals surface area contributed by atoms with Crippen molar-refractivity contribution in [3.8, 4) is 0 Å². The summed E-state index contributed by atoms with van der Waals surface area (Å²) in [6.45, 7) is 0. The van der Waals surface area contributed by atoms with E-state index in [1.807, 2.05) is 30.3 Å². The van der Waals surface area contributed by atoms with Crippen molar-refractivity contribution in [2.75, 3.05) is 0 Å². The highest BCUT2D eigenvalue weighted by Gasteiger charge is 2.14. The first kappa shape index (κ1) is 12.5. The molecule has 2 aromatic rings. The summed E-state index contributed by atoms with van der Waals surface area (Å²) in [5, 5.41) is 9.61. The summed E-state index contributed by atoms with van der Waals surface area (Å²) in [6, 6.07) is 8.43. The van der Waals surface area contributed by atoms with Gasteiger partial charge in [-0.25, -0.2) is 0 Å². The van der Waals surface area contributed by atoms with E-state index in [-0.39, 0.29) is 18.8 Å². The van der Waals surface area contributed by atoms with Crippen LogP contribution in [-0.4, -0.2) is 17.1 Å². The zero-order valence-corrected chi connectivity index (χ0v) is 9.24. The minimum atomic E-state index is -1.02. The summed E-state index contributed by atoms with van der Waals surface area (Å²) in [5.41, 5.74) is 6.17. The molecule has 0 fully saturated rings. The first-order valence-electron chi connectivity index (χ1n) is 4.62. The fraction of sp³-hybridized carbons (Fsp3) is 0.182. The van der Waals surface area contributed by atoms with Crippen LogP contribution in [0.15, 0.2) is 34.7 Å². The molecule has 1 aromatic heterocycles. The molecule has 16 heavy (non-hydrogen) atoms. The standard InChI is InChI=1S/C11H11NO3.ClH/c12-9(11(13)14)6-8-5-7-3-1-2-4-10(7)15-8;/h1-5,9H,6,12H2,(H,13,14);1H. The average molecular weight is 242 g/mol. The van der Waals surface area contributed by atoms with E-state index in [9.17, 15) is 4.79 Å². The number of aliphatic carboxylic acids is 1. The number of carboxylic acids is 1. The second kappa shape index (κ2) is 5.01. The molecule has 0 aliphatic rings. The van der Waals surface area contributed by atoms with Gasteiger partial charge in [-0.1, -0.05) is 18.2 Å². The summed E-state index contributed by atoms with van der Waals surface area (Å²) in [6.07, 6.45) is 0.212. The Morgan fingerprint density at radius 2 is 2.12 bits per heavy atom. The summed E-state index contributed by atoms with van der Waals surface area (Å²) in [5.74, 6) is -0.415. The Hall–Kier alpha value is -1.52. The van der Waals surface area contributed by atoms with Crippen molar-refractivity contribution in [3.63, 3.8) is 0 Å².